The summed E-state index contributed by atoms with van der Waals surface area (Å²) in [5, 5.41) is 18.5. The molecule has 2 N–H and O–H groups in total. The minimum absolute atomic E-state index is 0.0606. The molecule has 0 aliphatic rings. The van der Waals surface area contributed by atoms with E-state index >= 15 is 0 Å². The molecule has 0 radical (unpaired) electrons. The van der Waals surface area contributed by atoms with Crippen LogP contribution in [0.2, 0.25) is 0 Å². The van der Waals surface area contributed by atoms with E-state index in [9.17, 15) is 24.6 Å². The SMILES string of the molecule is CC.CC.CCOC(Cc1cccc(C(=O)N(C)C)c1)(C(=O)O)C(=O)O. The summed E-state index contributed by atoms with van der Waals surface area (Å²) in [7, 11) is 3.18. The third-order valence-electron chi connectivity index (χ3n) is 3.11. The molecule has 0 saturated carbocycles. The Balaban J connectivity index is 0. The Morgan fingerprint density at radius 3 is 1.92 bits per heavy atom. The van der Waals surface area contributed by atoms with E-state index in [0.29, 0.717) is 11.1 Å². The van der Waals surface area contributed by atoms with E-state index in [1.54, 1.807) is 32.3 Å². The fourth-order valence-electron chi connectivity index (χ4n) is 2.02. The van der Waals surface area contributed by atoms with E-state index in [2.05, 4.69) is 0 Å². The fraction of sp³-hybridized carbons (Fsp3) is 0.526. The first kappa shape index (κ1) is 25.8. The van der Waals surface area contributed by atoms with E-state index in [-0.39, 0.29) is 18.9 Å². The van der Waals surface area contributed by atoms with Crippen molar-refractivity contribution in [3.05, 3.63) is 35.4 Å². The molecule has 0 aliphatic carbocycles. The van der Waals surface area contributed by atoms with Gasteiger partial charge < -0.3 is 19.8 Å². The molecule has 1 aromatic carbocycles. The average Bonchev–Trinajstić information content (AvgIpc) is 2.63. The maximum atomic E-state index is 11.9. The second-order valence-electron chi connectivity index (χ2n) is 4.95. The molecule has 1 amide bonds. The van der Waals surface area contributed by atoms with Gasteiger partial charge in [-0.15, -0.1) is 0 Å². The number of carbonyl (C=O) groups excluding carboxylic acids is 1. The predicted octanol–water partition coefficient (Wildman–Crippen LogP) is 2.93. The molecule has 7 nitrogen and oxygen atoms in total. The topological polar surface area (TPSA) is 104 Å². The number of rotatable bonds is 7. The van der Waals surface area contributed by atoms with E-state index in [0.717, 1.165) is 0 Å². The van der Waals surface area contributed by atoms with Gasteiger partial charge in [0, 0.05) is 32.7 Å². The highest BCUT2D eigenvalue weighted by Crippen LogP contribution is 2.21. The first-order chi connectivity index (χ1) is 12.2. The molecule has 148 valence electrons. The van der Waals surface area contributed by atoms with Crippen molar-refractivity contribution in [1.29, 1.82) is 0 Å². The number of aliphatic carboxylic acids is 2. The van der Waals surface area contributed by atoms with Crippen LogP contribution in [0.25, 0.3) is 0 Å². The highest BCUT2D eigenvalue weighted by molar-refractivity contribution is 6.02. The number of hydrogen-bond acceptors (Lipinski definition) is 4. The van der Waals surface area contributed by atoms with Crippen LogP contribution in [-0.2, 0) is 20.7 Å². The van der Waals surface area contributed by atoms with Crippen LogP contribution < -0.4 is 0 Å². The van der Waals surface area contributed by atoms with Crippen molar-refractivity contribution in [3.63, 3.8) is 0 Å². The number of carboxylic acids is 2. The van der Waals surface area contributed by atoms with Crippen LogP contribution >= 0.6 is 0 Å². The standard InChI is InChI=1S/C15H19NO6.2C2H6/c1-4-22-15(13(18)19,14(20)21)9-10-6-5-7-11(8-10)12(17)16(2)3;2*1-2/h5-8H,4,9H2,1-3H3,(H,18,19)(H,20,21);2*1-2H3. The Morgan fingerprint density at radius 2 is 1.54 bits per heavy atom. The second-order valence-corrected chi connectivity index (χ2v) is 4.95. The predicted molar refractivity (Wildman–Crippen MR) is 100 cm³/mol. The summed E-state index contributed by atoms with van der Waals surface area (Å²) in [5.41, 5.74) is -1.62. The highest BCUT2D eigenvalue weighted by Gasteiger charge is 2.48. The van der Waals surface area contributed by atoms with Gasteiger partial charge in [0.05, 0.1) is 0 Å². The van der Waals surface area contributed by atoms with Gasteiger partial charge in [0.15, 0.2) is 0 Å². The van der Waals surface area contributed by atoms with Gasteiger partial charge in [0.2, 0.25) is 0 Å². The van der Waals surface area contributed by atoms with E-state index in [1.807, 2.05) is 27.7 Å². The van der Waals surface area contributed by atoms with Gasteiger partial charge in [-0.05, 0) is 24.6 Å². The Kier molecular flexibility index (Phi) is 12.8. The number of carboxylic acid groups (broad SMARTS) is 2. The molecule has 0 heterocycles. The molecule has 0 aromatic heterocycles. The van der Waals surface area contributed by atoms with Crippen LogP contribution in [0.15, 0.2) is 24.3 Å². The Hall–Kier alpha value is -2.41. The Morgan fingerprint density at radius 1 is 1.04 bits per heavy atom. The smallest absolute Gasteiger partial charge is 0.348 e. The quantitative estimate of drug-likeness (QED) is 0.716. The first-order valence-corrected chi connectivity index (χ1v) is 8.66. The summed E-state index contributed by atoms with van der Waals surface area (Å²) in [6, 6.07) is 6.19. The summed E-state index contributed by atoms with van der Waals surface area (Å²) in [4.78, 5) is 36.1. The van der Waals surface area contributed by atoms with Crippen molar-refractivity contribution >= 4 is 17.8 Å². The molecule has 0 atom stereocenters. The van der Waals surface area contributed by atoms with Crippen molar-refractivity contribution < 1.29 is 29.3 Å². The number of hydrogen-bond donors (Lipinski definition) is 2. The van der Waals surface area contributed by atoms with Crippen LogP contribution in [0.4, 0.5) is 0 Å². The summed E-state index contributed by atoms with van der Waals surface area (Å²) in [5.74, 6) is -3.41. The van der Waals surface area contributed by atoms with Crippen molar-refractivity contribution in [1.82, 2.24) is 4.90 Å². The summed E-state index contributed by atoms with van der Waals surface area (Å²) in [6.45, 7) is 9.46. The lowest BCUT2D eigenvalue weighted by Gasteiger charge is -2.25. The van der Waals surface area contributed by atoms with E-state index < -0.39 is 17.5 Å². The van der Waals surface area contributed by atoms with Gasteiger partial charge >= 0.3 is 11.9 Å². The Labute approximate surface area is 155 Å². The molecule has 1 aromatic rings. The number of amides is 1. The number of ether oxygens (including phenoxy) is 1. The maximum absolute atomic E-state index is 11.9. The number of nitrogens with zero attached hydrogens (tertiary/aromatic N) is 1. The van der Waals surface area contributed by atoms with E-state index in [1.165, 1.54) is 17.9 Å². The van der Waals surface area contributed by atoms with Gasteiger partial charge in [0.25, 0.3) is 11.5 Å². The summed E-state index contributed by atoms with van der Waals surface area (Å²) in [6.07, 6.45) is -0.375. The van der Waals surface area contributed by atoms with Crippen molar-refractivity contribution in [2.24, 2.45) is 0 Å². The van der Waals surface area contributed by atoms with Gasteiger partial charge in [-0.2, -0.15) is 0 Å². The minimum atomic E-state index is -2.37. The molecular weight excluding hydrogens is 338 g/mol. The van der Waals surface area contributed by atoms with Crippen LogP contribution in [0.3, 0.4) is 0 Å². The fourth-order valence-corrected chi connectivity index (χ4v) is 2.02. The zero-order valence-electron chi connectivity index (χ0n) is 16.7. The minimum Gasteiger partial charge on any atom is -0.479 e. The lowest BCUT2D eigenvalue weighted by atomic mass is 9.93. The van der Waals surface area contributed by atoms with E-state index in [4.69, 9.17) is 4.74 Å². The third-order valence-corrected chi connectivity index (χ3v) is 3.11. The molecule has 0 spiro atoms. The van der Waals surface area contributed by atoms with Crippen molar-refractivity contribution in [2.75, 3.05) is 20.7 Å². The largest absolute Gasteiger partial charge is 0.479 e. The second kappa shape index (κ2) is 12.9. The molecule has 26 heavy (non-hydrogen) atoms. The Bertz CT molecular complexity index is 569. The third kappa shape index (κ3) is 6.84. The van der Waals surface area contributed by atoms with Crippen LogP contribution in [0, 0.1) is 0 Å². The van der Waals surface area contributed by atoms with Gasteiger partial charge in [-0.3, -0.25) is 4.79 Å². The molecule has 0 unspecified atom stereocenters. The molecule has 0 fully saturated rings. The van der Waals surface area contributed by atoms with Crippen LogP contribution in [0.1, 0.15) is 50.5 Å². The molecular formula is C19H31NO6. The van der Waals surface area contributed by atoms with Crippen molar-refractivity contribution in [3.8, 4) is 0 Å². The maximum Gasteiger partial charge on any atom is 0.348 e. The zero-order chi connectivity index (χ0) is 20.9. The number of carbonyl (C=O) groups is 3. The molecule has 0 bridgehead atoms. The zero-order valence-corrected chi connectivity index (χ0v) is 16.7. The molecule has 7 heteroatoms. The first-order valence-electron chi connectivity index (χ1n) is 8.66. The monoisotopic (exact) mass is 369 g/mol. The molecule has 1 rings (SSSR count). The van der Waals surface area contributed by atoms with Crippen LogP contribution in [-0.4, -0.2) is 59.3 Å². The molecule has 0 saturated heterocycles. The van der Waals surface area contributed by atoms with Gasteiger partial charge in [-0.1, -0.05) is 39.8 Å². The highest BCUT2D eigenvalue weighted by atomic mass is 16.5. The number of benzene rings is 1. The van der Waals surface area contributed by atoms with Gasteiger partial charge in [0.1, 0.15) is 0 Å². The average molecular weight is 369 g/mol. The lowest BCUT2D eigenvalue weighted by Crippen LogP contribution is -2.51. The van der Waals surface area contributed by atoms with Crippen LogP contribution in [0.5, 0.6) is 0 Å². The lowest BCUT2D eigenvalue weighted by molar-refractivity contribution is -0.182. The summed E-state index contributed by atoms with van der Waals surface area (Å²) >= 11 is 0. The summed E-state index contributed by atoms with van der Waals surface area (Å²) < 4.78 is 5.01. The normalized spacial score (nSPS) is 9.81. The van der Waals surface area contributed by atoms with Gasteiger partial charge in [-0.25, -0.2) is 9.59 Å². The van der Waals surface area contributed by atoms with Crippen molar-refractivity contribution in [2.45, 2.75) is 46.6 Å². The molecule has 0 aliphatic heterocycles.